The molecule has 0 spiro atoms. The zero-order valence-corrected chi connectivity index (χ0v) is 15.4. The van der Waals surface area contributed by atoms with Crippen LogP contribution in [0.3, 0.4) is 0 Å². The van der Waals surface area contributed by atoms with E-state index in [1.165, 1.54) is 36.1 Å². The second-order valence-corrected chi connectivity index (χ2v) is 7.83. The monoisotopic (exact) mass is 329 g/mol. The van der Waals surface area contributed by atoms with Crippen molar-refractivity contribution in [1.29, 1.82) is 0 Å². The van der Waals surface area contributed by atoms with Crippen molar-refractivity contribution in [1.82, 2.24) is 14.7 Å². The quantitative estimate of drug-likeness (QED) is 0.831. The Bertz CT molecular complexity index is 586. The van der Waals surface area contributed by atoms with E-state index in [0.717, 1.165) is 32.6 Å². The number of fused-ring (bicyclic) bond motifs is 1. The molecule has 2 aliphatic rings. The molecule has 3 rings (SSSR count). The van der Waals surface area contributed by atoms with E-state index in [-0.39, 0.29) is 5.91 Å². The Balaban J connectivity index is 1.48. The van der Waals surface area contributed by atoms with Crippen LogP contribution in [0.4, 0.5) is 0 Å². The van der Waals surface area contributed by atoms with Crippen LogP contribution in [0.15, 0.2) is 18.2 Å². The van der Waals surface area contributed by atoms with Crippen LogP contribution in [0.25, 0.3) is 0 Å². The zero-order valence-electron chi connectivity index (χ0n) is 15.4. The van der Waals surface area contributed by atoms with Crippen molar-refractivity contribution in [3.63, 3.8) is 0 Å². The molecular weight excluding hydrogens is 298 g/mol. The van der Waals surface area contributed by atoms with Crippen molar-refractivity contribution in [3.05, 3.63) is 34.9 Å². The Morgan fingerprint density at radius 2 is 2.00 bits per heavy atom. The highest BCUT2D eigenvalue weighted by Gasteiger charge is 2.20. The molecule has 24 heavy (non-hydrogen) atoms. The van der Waals surface area contributed by atoms with Crippen LogP contribution < -0.4 is 0 Å². The van der Waals surface area contributed by atoms with Crippen molar-refractivity contribution in [2.24, 2.45) is 5.92 Å². The van der Waals surface area contributed by atoms with Gasteiger partial charge in [0.25, 0.3) is 0 Å². The standard InChI is InChI=1S/C20H31N3O/c1-21-10-4-5-16(12-21)7-9-20(24)23(3)13-17-6-8-18-14-22(2)15-19(18)11-17/h6,8,11,16H,4-5,7,9-10,12-15H2,1-3H3/t16-/m0/s1. The summed E-state index contributed by atoms with van der Waals surface area (Å²) in [7, 11) is 6.28. The molecule has 2 aliphatic heterocycles. The average molecular weight is 329 g/mol. The Labute approximate surface area is 146 Å². The summed E-state index contributed by atoms with van der Waals surface area (Å²) in [6, 6.07) is 6.68. The van der Waals surface area contributed by atoms with Crippen molar-refractivity contribution in [2.75, 3.05) is 34.2 Å². The normalized spacial score (nSPS) is 21.7. The molecule has 0 unspecified atom stereocenters. The van der Waals surface area contributed by atoms with E-state index < -0.39 is 0 Å². The topological polar surface area (TPSA) is 26.8 Å². The lowest BCUT2D eigenvalue weighted by molar-refractivity contribution is -0.130. The predicted molar refractivity (Wildman–Crippen MR) is 97.5 cm³/mol. The molecular formula is C20H31N3O. The van der Waals surface area contributed by atoms with Crippen LogP contribution in [0.5, 0.6) is 0 Å². The maximum absolute atomic E-state index is 12.5. The molecule has 1 amide bonds. The first-order valence-corrected chi connectivity index (χ1v) is 9.23. The third kappa shape index (κ3) is 4.37. The third-order valence-corrected chi connectivity index (χ3v) is 5.49. The summed E-state index contributed by atoms with van der Waals surface area (Å²) < 4.78 is 0. The number of piperidine rings is 1. The first kappa shape index (κ1) is 17.4. The lowest BCUT2D eigenvalue weighted by atomic mass is 9.93. The van der Waals surface area contributed by atoms with E-state index in [1.807, 2.05) is 11.9 Å². The summed E-state index contributed by atoms with van der Waals surface area (Å²) in [6.45, 7) is 5.14. The van der Waals surface area contributed by atoms with Crippen molar-refractivity contribution >= 4 is 5.91 Å². The molecule has 0 radical (unpaired) electrons. The number of hydrogen-bond acceptors (Lipinski definition) is 3. The van der Waals surface area contributed by atoms with Gasteiger partial charge in [0.05, 0.1) is 0 Å². The molecule has 1 atom stereocenters. The van der Waals surface area contributed by atoms with Crippen LogP contribution in [0.1, 0.15) is 42.4 Å². The van der Waals surface area contributed by atoms with Gasteiger partial charge in [-0.05, 0) is 62.5 Å². The van der Waals surface area contributed by atoms with Crippen LogP contribution in [-0.4, -0.2) is 54.8 Å². The van der Waals surface area contributed by atoms with Crippen molar-refractivity contribution in [2.45, 2.75) is 45.3 Å². The highest BCUT2D eigenvalue weighted by molar-refractivity contribution is 5.75. The third-order valence-electron chi connectivity index (χ3n) is 5.49. The van der Waals surface area contributed by atoms with Crippen molar-refractivity contribution in [3.8, 4) is 0 Å². The molecule has 1 aromatic rings. The molecule has 2 heterocycles. The van der Waals surface area contributed by atoms with E-state index in [4.69, 9.17) is 0 Å². The fourth-order valence-electron chi connectivity index (χ4n) is 4.11. The minimum Gasteiger partial charge on any atom is -0.341 e. The summed E-state index contributed by atoms with van der Waals surface area (Å²) in [5.41, 5.74) is 4.09. The van der Waals surface area contributed by atoms with E-state index in [1.54, 1.807) is 0 Å². The second kappa shape index (κ2) is 7.66. The Kier molecular flexibility index (Phi) is 5.57. The van der Waals surface area contributed by atoms with E-state index in [2.05, 4.69) is 42.1 Å². The number of carbonyl (C=O) groups excluding carboxylic acids is 1. The zero-order chi connectivity index (χ0) is 17.1. The first-order chi connectivity index (χ1) is 11.5. The van der Waals surface area contributed by atoms with Gasteiger partial charge in [-0.2, -0.15) is 0 Å². The average Bonchev–Trinajstić information content (AvgIpc) is 2.92. The van der Waals surface area contributed by atoms with Gasteiger partial charge in [0.1, 0.15) is 0 Å². The molecule has 0 bridgehead atoms. The van der Waals surface area contributed by atoms with Gasteiger partial charge < -0.3 is 9.80 Å². The molecule has 4 nitrogen and oxygen atoms in total. The van der Waals surface area contributed by atoms with Gasteiger partial charge in [-0.25, -0.2) is 0 Å². The summed E-state index contributed by atoms with van der Waals surface area (Å²) >= 11 is 0. The van der Waals surface area contributed by atoms with E-state index in [9.17, 15) is 4.79 Å². The minimum atomic E-state index is 0.279. The Morgan fingerprint density at radius 3 is 2.79 bits per heavy atom. The van der Waals surface area contributed by atoms with Gasteiger partial charge in [0, 0.05) is 39.6 Å². The SMILES string of the molecule is CN1Cc2ccc(CN(C)C(=O)CC[C@@H]3CCCN(C)C3)cc2C1. The van der Waals surface area contributed by atoms with Gasteiger partial charge in [0.15, 0.2) is 0 Å². The molecule has 0 N–H and O–H groups in total. The smallest absolute Gasteiger partial charge is 0.222 e. The highest BCUT2D eigenvalue weighted by Crippen LogP contribution is 2.23. The molecule has 0 saturated carbocycles. The fourth-order valence-corrected chi connectivity index (χ4v) is 4.11. The summed E-state index contributed by atoms with van der Waals surface area (Å²) in [5.74, 6) is 0.970. The first-order valence-electron chi connectivity index (χ1n) is 9.23. The van der Waals surface area contributed by atoms with E-state index >= 15 is 0 Å². The van der Waals surface area contributed by atoms with Gasteiger partial charge in [0.2, 0.25) is 5.91 Å². The van der Waals surface area contributed by atoms with Crippen LogP contribution in [0, 0.1) is 5.92 Å². The molecule has 1 fully saturated rings. The molecule has 0 aliphatic carbocycles. The Hall–Kier alpha value is -1.39. The molecule has 4 heteroatoms. The number of rotatable bonds is 5. The number of nitrogens with zero attached hydrogens (tertiary/aromatic N) is 3. The largest absolute Gasteiger partial charge is 0.341 e. The second-order valence-electron chi connectivity index (χ2n) is 7.83. The Morgan fingerprint density at radius 1 is 1.21 bits per heavy atom. The fraction of sp³-hybridized carbons (Fsp3) is 0.650. The van der Waals surface area contributed by atoms with Crippen molar-refractivity contribution < 1.29 is 4.79 Å². The van der Waals surface area contributed by atoms with Gasteiger partial charge >= 0.3 is 0 Å². The molecule has 0 aromatic heterocycles. The lowest BCUT2D eigenvalue weighted by Gasteiger charge is -2.30. The van der Waals surface area contributed by atoms with Crippen LogP contribution in [0.2, 0.25) is 0 Å². The lowest BCUT2D eigenvalue weighted by Crippen LogP contribution is -2.33. The van der Waals surface area contributed by atoms with E-state index in [0.29, 0.717) is 12.3 Å². The maximum atomic E-state index is 12.5. The number of hydrogen-bond donors (Lipinski definition) is 0. The predicted octanol–water partition coefficient (Wildman–Crippen LogP) is 2.71. The molecule has 1 aromatic carbocycles. The van der Waals surface area contributed by atoms with Gasteiger partial charge in [-0.15, -0.1) is 0 Å². The van der Waals surface area contributed by atoms with Crippen LogP contribution in [-0.2, 0) is 24.4 Å². The van der Waals surface area contributed by atoms with Gasteiger partial charge in [-0.1, -0.05) is 18.2 Å². The number of carbonyl (C=O) groups is 1. The molecule has 132 valence electrons. The highest BCUT2D eigenvalue weighted by atomic mass is 16.2. The van der Waals surface area contributed by atoms with Gasteiger partial charge in [-0.3, -0.25) is 9.69 Å². The number of amides is 1. The summed E-state index contributed by atoms with van der Waals surface area (Å²) in [4.78, 5) is 19.1. The molecule has 1 saturated heterocycles. The number of benzene rings is 1. The van der Waals surface area contributed by atoms with Crippen LogP contribution >= 0.6 is 0 Å². The minimum absolute atomic E-state index is 0.279. The maximum Gasteiger partial charge on any atom is 0.222 e. The number of likely N-dealkylation sites (tertiary alicyclic amines) is 1. The summed E-state index contributed by atoms with van der Waals surface area (Å²) in [6.07, 6.45) is 4.26. The summed E-state index contributed by atoms with van der Waals surface area (Å²) in [5, 5.41) is 0.